The summed E-state index contributed by atoms with van der Waals surface area (Å²) in [5, 5.41) is 2.90. The average Bonchev–Trinajstić information content (AvgIpc) is 2.62. The van der Waals surface area contributed by atoms with Gasteiger partial charge in [-0.25, -0.2) is 0 Å². The van der Waals surface area contributed by atoms with Crippen molar-refractivity contribution in [1.82, 2.24) is 0 Å². The molecule has 0 bridgehead atoms. The fraction of sp³-hybridized carbons (Fsp3) is 0.381. The number of amides is 1. The van der Waals surface area contributed by atoms with Crippen LogP contribution in [0.5, 0.6) is 11.5 Å². The number of para-hydroxylation sites is 1. The molecule has 0 aliphatic rings. The van der Waals surface area contributed by atoms with Gasteiger partial charge < -0.3 is 19.5 Å². The molecule has 0 aliphatic heterocycles. The summed E-state index contributed by atoms with van der Waals surface area (Å²) in [7, 11) is 1.63. The van der Waals surface area contributed by atoms with Crippen molar-refractivity contribution in [3.63, 3.8) is 0 Å². The second-order valence-electron chi connectivity index (χ2n) is 6.35. The third-order valence-electron chi connectivity index (χ3n) is 3.73. The molecule has 0 saturated carbocycles. The summed E-state index contributed by atoms with van der Waals surface area (Å²) in [6.07, 6.45) is 0.941. The van der Waals surface area contributed by atoms with E-state index >= 15 is 0 Å². The third kappa shape index (κ3) is 6.41. The Balaban J connectivity index is 2.02. The Morgan fingerprint density at radius 3 is 2.58 bits per heavy atom. The van der Waals surface area contributed by atoms with E-state index < -0.39 is 0 Å². The molecule has 0 saturated heterocycles. The smallest absolute Gasteiger partial charge is 0.259 e. The number of hydrogen-bond donors (Lipinski definition) is 1. The van der Waals surface area contributed by atoms with Crippen LogP contribution in [-0.4, -0.2) is 32.8 Å². The minimum atomic E-state index is -0.209. The summed E-state index contributed by atoms with van der Waals surface area (Å²) in [5.74, 6) is 1.62. The number of rotatable bonds is 10. The van der Waals surface area contributed by atoms with E-state index in [4.69, 9.17) is 14.2 Å². The number of carbonyl (C=O) groups is 1. The van der Waals surface area contributed by atoms with Crippen molar-refractivity contribution < 1.29 is 19.0 Å². The highest BCUT2D eigenvalue weighted by atomic mass is 16.5. The van der Waals surface area contributed by atoms with Crippen LogP contribution >= 0.6 is 0 Å². The minimum absolute atomic E-state index is 0.209. The van der Waals surface area contributed by atoms with E-state index in [-0.39, 0.29) is 5.91 Å². The molecular weight excluding hydrogens is 330 g/mol. The van der Waals surface area contributed by atoms with Gasteiger partial charge >= 0.3 is 0 Å². The number of methoxy groups -OCH3 is 1. The Morgan fingerprint density at radius 2 is 1.81 bits per heavy atom. The Morgan fingerprint density at radius 1 is 1.00 bits per heavy atom. The number of anilines is 1. The van der Waals surface area contributed by atoms with E-state index in [1.165, 1.54) is 0 Å². The number of hydrogen-bond acceptors (Lipinski definition) is 4. The molecule has 0 unspecified atom stereocenters. The van der Waals surface area contributed by atoms with Gasteiger partial charge in [-0.1, -0.05) is 32.0 Å². The van der Waals surface area contributed by atoms with Crippen LogP contribution in [0.15, 0.2) is 48.5 Å². The summed E-state index contributed by atoms with van der Waals surface area (Å²) in [6, 6.07) is 14.6. The molecule has 1 amide bonds. The SMILES string of the molecule is COCCOc1cccc(NC(=O)c2ccccc2OCCC(C)C)c1. The lowest BCUT2D eigenvalue weighted by Gasteiger charge is -2.13. The van der Waals surface area contributed by atoms with Gasteiger partial charge in [0, 0.05) is 18.9 Å². The maximum absolute atomic E-state index is 12.7. The van der Waals surface area contributed by atoms with E-state index in [9.17, 15) is 4.79 Å². The molecule has 0 fully saturated rings. The second-order valence-corrected chi connectivity index (χ2v) is 6.35. The molecule has 1 N–H and O–H groups in total. The number of nitrogens with one attached hydrogen (secondary N) is 1. The molecule has 2 aromatic carbocycles. The largest absolute Gasteiger partial charge is 0.493 e. The van der Waals surface area contributed by atoms with Gasteiger partial charge in [0.2, 0.25) is 0 Å². The van der Waals surface area contributed by atoms with Gasteiger partial charge in [0.15, 0.2) is 0 Å². The number of ether oxygens (including phenoxy) is 3. The van der Waals surface area contributed by atoms with Crippen molar-refractivity contribution in [2.75, 3.05) is 32.2 Å². The zero-order valence-electron chi connectivity index (χ0n) is 15.7. The first-order valence-corrected chi connectivity index (χ1v) is 8.85. The van der Waals surface area contributed by atoms with Crippen LogP contribution in [0.3, 0.4) is 0 Å². The van der Waals surface area contributed by atoms with Crippen LogP contribution < -0.4 is 14.8 Å². The van der Waals surface area contributed by atoms with Crippen molar-refractivity contribution in [3.8, 4) is 11.5 Å². The predicted octanol–water partition coefficient (Wildman–Crippen LogP) is 4.39. The molecule has 0 aliphatic carbocycles. The summed E-state index contributed by atoms with van der Waals surface area (Å²) in [5.41, 5.74) is 1.18. The van der Waals surface area contributed by atoms with Crippen molar-refractivity contribution in [2.24, 2.45) is 5.92 Å². The molecule has 0 heterocycles. The molecular formula is C21H27NO4. The van der Waals surface area contributed by atoms with Gasteiger partial charge in [-0.15, -0.1) is 0 Å². The molecule has 5 nitrogen and oxygen atoms in total. The first kappa shape index (κ1) is 19.8. The second kappa shape index (κ2) is 10.5. The Bertz CT molecular complexity index is 700. The quantitative estimate of drug-likeness (QED) is 0.641. The third-order valence-corrected chi connectivity index (χ3v) is 3.73. The summed E-state index contributed by atoms with van der Waals surface area (Å²) >= 11 is 0. The van der Waals surface area contributed by atoms with Crippen molar-refractivity contribution >= 4 is 11.6 Å². The highest BCUT2D eigenvalue weighted by molar-refractivity contribution is 6.06. The van der Waals surface area contributed by atoms with Crippen molar-refractivity contribution in [1.29, 1.82) is 0 Å². The molecule has 0 radical (unpaired) electrons. The predicted molar refractivity (Wildman–Crippen MR) is 103 cm³/mol. The fourth-order valence-corrected chi connectivity index (χ4v) is 2.29. The van der Waals surface area contributed by atoms with Gasteiger partial charge in [-0.05, 0) is 36.6 Å². The molecule has 2 rings (SSSR count). The Kier molecular flexibility index (Phi) is 7.96. The molecule has 2 aromatic rings. The van der Waals surface area contributed by atoms with E-state index in [0.29, 0.717) is 48.5 Å². The maximum Gasteiger partial charge on any atom is 0.259 e. The highest BCUT2D eigenvalue weighted by Gasteiger charge is 2.13. The van der Waals surface area contributed by atoms with Gasteiger partial charge in [-0.2, -0.15) is 0 Å². The first-order valence-electron chi connectivity index (χ1n) is 8.85. The average molecular weight is 357 g/mol. The van der Waals surface area contributed by atoms with E-state index in [0.717, 1.165) is 6.42 Å². The van der Waals surface area contributed by atoms with Gasteiger partial charge in [0.25, 0.3) is 5.91 Å². The molecule has 26 heavy (non-hydrogen) atoms. The zero-order valence-corrected chi connectivity index (χ0v) is 15.7. The normalized spacial score (nSPS) is 10.6. The van der Waals surface area contributed by atoms with Crippen LogP contribution in [0, 0.1) is 5.92 Å². The Hall–Kier alpha value is -2.53. The van der Waals surface area contributed by atoms with Crippen molar-refractivity contribution in [3.05, 3.63) is 54.1 Å². The lowest BCUT2D eigenvalue weighted by atomic mass is 10.1. The monoisotopic (exact) mass is 357 g/mol. The van der Waals surface area contributed by atoms with E-state index in [2.05, 4.69) is 19.2 Å². The standard InChI is InChI=1S/C21H27NO4/c1-16(2)11-12-26-20-10-5-4-9-19(20)21(23)22-17-7-6-8-18(15-17)25-14-13-24-3/h4-10,15-16H,11-14H2,1-3H3,(H,22,23). The molecule has 5 heteroatoms. The summed E-state index contributed by atoms with van der Waals surface area (Å²) in [6.45, 7) is 5.84. The van der Waals surface area contributed by atoms with Crippen LogP contribution in [0.1, 0.15) is 30.6 Å². The molecule has 0 aromatic heterocycles. The van der Waals surface area contributed by atoms with Crippen molar-refractivity contribution in [2.45, 2.75) is 20.3 Å². The number of benzene rings is 2. The molecule has 0 spiro atoms. The Labute approximate surface area is 155 Å². The highest BCUT2D eigenvalue weighted by Crippen LogP contribution is 2.22. The number of carbonyl (C=O) groups excluding carboxylic acids is 1. The van der Waals surface area contributed by atoms with Crippen LogP contribution in [-0.2, 0) is 4.74 Å². The zero-order chi connectivity index (χ0) is 18.8. The van der Waals surface area contributed by atoms with E-state index in [1.807, 2.05) is 36.4 Å². The molecule has 140 valence electrons. The lowest BCUT2D eigenvalue weighted by molar-refractivity contribution is 0.102. The van der Waals surface area contributed by atoms with Gasteiger partial charge in [-0.3, -0.25) is 4.79 Å². The topological polar surface area (TPSA) is 56.8 Å². The van der Waals surface area contributed by atoms with Crippen LogP contribution in [0.2, 0.25) is 0 Å². The lowest BCUT2D eigenvalue weighted by Crippen LogP contribution is -2.14. The minimum Gasteiger partial charge on any atom is -0.493 e. The summed E-state index contributed by atoms with van der Waals surface area (Å²) in [4.78, 5) is 12.7. The van der Waals surface area contributed by atoms with Crippen LogP contribution in [0.4, 0.5) is 5.69 Å². The first-order chi connectivity index (χ1) is 12.6. The van der Waals surface area contributed by atoms with Gasteiger partial charge in [0.05, 0.1) is 18.8 Å². The molecule has 0 atom stereocenters. The maximum atomic E-state index is 12.7. The fourth-order valence-electron chi connectivity index (χ4n) is 2.29. The van der Waals surface area contributed by atoms with E-state index in [1.54, 1.807) is 19.2 Å². The van der Waals surface area contributed by atoms with Crippen LogP contribution in [0.25, 0.3) is 0 Å². The summed E-state index contributed by atoms with van der Waals surface area (Å²) < 4.78 is 16.3. The van der Waals surface area contributed by atoms with Gasteiger partial charge in [0.1, 0.15) is 18.1 Å².